The van der Waals surface area contributed by atoms with Crippen LogP contribution in [0.25, 0.3) is 0 Å². The van der Waals surface area contributed by atoms with E-state index in [4.69, 9.17) is 16.3 Å². The summed E-state index contributed by atoms with van der Waals surface area (Å²) in [7, 11) is 1.45. The zero-order chi connectivity index (χ0) is 13.1. The van der Waals surface area contributed by atoms with Crippen molar-refractivity contribution in [2.75, 3.05) is 30.1 Å². The first-order valence-electron chi connectivity index (χ1n) is 5.27. The summed E-state index contributed by atoms with van der Waals surface area (Å²) >= 11 is 7.64. The van der Waals surface area contributed by atoms with E-state index in [0.717, 1.165) is 5.75 Å². The molecule has 1 atom stereocenters. The lowest BCUT2D eigenvalue weighted by Gasteiger charge is -2.33. The molecule has 0 aliphatic carbocycles. The second-order valence-electron chi connectivity index (χ2n) is 3.65. The molecule has 6 nitrogen and oxygen atoms in total. The Labute approximate surface area is 113 Å². The van der Waals surface area contributed by atoms with Gasteiger partial charge < -0.3 is 14.7 Å². The average molecular weight is 290 g/mol. The number of carboxylic acid groups (broad SMARTS) is 1. The van der Waals surface area contributed by atoms with Crippen LogP contribution < -0.4 is 9.64 Å². The van der Waals surface area contributed by atoms with Gasteiger partial charge in [0, 0.05) is 18.1 Å². The van der Waals surface area contributed by atoms with Crippen LogP contribution in [0.3, 0.4) is 0 Å². The topological polar surface area (TPSA) is 75.5 Å². The van der Waals surface area contributed by atoms with Crippen molar-refractivity contribution >= 4 is 35.1 Å². The molecule has 0 radical (unpaired) electrons. The van der Waals surface area contributed by atoms with E-state index in [-0.39, 0.29) is 6.01 Å². The fourth-order valence-electron chi connectivity index (χ4n) is 1.70. The maximum absolute atomic E-state index is 11.2. The normalized spacial score (nSPS) is 19.7. The summed E-state index contributed by atoms with van der Waals surface area (Å²) in [5, 5.41) is 9.54. The zero-order valence-electron chi connectivity index (χ0n) is 9.67. The SMILES string of the molecule is COc1ncc(Cl)c(N2CCSCC2C(=O)O)n1. The van der Waals surface area contributed by atoms with Gasteiger partial charge in [-0.2, -0.15) is 16.7 Å². The minimum atomic E-state index is -0.879. The van der Waals surface area contributed by atoms with E-state index >= 15 is 0 Å². The molecule has 1 unspecified atom stereocenters. The molecule has 2 heterocycles. The van der Waals surface area contributed by atoms with E-state index in [1.54, 1.807) is 16.7 Å². The van der Waals surface area contributed by atoms with Crippen LogP contribution in [0, 0.1) is 0 Å². The predicted molar refractivity (Wildman–Crippen MR) is 69.7 cm³/mol. The lowest BCUT2D eigenvalue weighted by atomic mass is 10.2. The quantitative estimate of drug-likeness (QED) is 0.894. The third kappa shape index (κ3) is 2.62. The van der Waals surface area contributed by atoms with Gasteiger partial charge in [-0.05, 0) is 0 Å². The Morgan fingerprint density at radius 1 is 1.72 bits per heavy atom. The van der Waals surface area contributed by atoms with Crippen molar-refractivity contribution in [1.29, 1.82) is 0 Å². The monoisotopic (exact) mass is 289 g/mol. The van der Waals surface area contributed by atoms with Crippen LogP contribution in [-0.4, -0.2) is 52.2 Å². The molecule has 1 aromatic rings. The third-order valence-corrected chi connectivity index (χ3v) is 3.86. The number of ether oxygens (including phenoxy) is 1. The molecule has 0 bridgehead atoms. The van der Waals surface area contributed by atoms with E-state index in [1.807, 2.05) is 0 Å². The highest BCUT2D eigenvalue weighted by Gasteiger charge is 2.31. The van der Waals surface area contributed by atoms with Gasteiger partial charge in [0.15, 0.2) is 5.82 Å². The highest BCUT2D eigenvalue weighted by Crippen LogP contribution is 2.29. The Morgan fingerprint density at radius 2 is 2.50 bits per heavy atom. The number of nitrogens with zero attached hydrogens (tertiary/aromatic N) is 3. The van der Waals surface area contributed by atoms with Gasteiger partial charge in [0.2, 0.25) is 0 Å². The van der Waals surface area contributed by atoms with E-state index < -0.39 is 12.0 Å². The second-order valence-corrected chi connectivity index (χ2v) is 5.21. The first-order valence-corrected chi connectivity index (χ1v) is 6.80. The predicted octanol–water partition coefficient (Wildman–Crippen LogP) is 1.15. The second kappa shape index (κ2) is 5.62. The highest BCUT2D eigenvalue weighted by molar-refractivity contribution is 7.99. The van der Waals surface area contributed by atoms with Gasteiger partial charge in [-0.3, -0.25) is 0 Å². The summed E-state index contributed by atoms with van der Waals surface area (Å²) < 4.78 is 4.94. The smallest absolute Gasteiger partial charge is 0.327 e. The molecule has 1 aliphatic heterocycles. The number of aromatic nitrogens is 2. The summed E-state index contributed by atoms with van der Waals surface area (Å²) in [6, 6.07) is -0.447. The largest absolute Gasteiger partial charge is 0.480 e. The van der Waals surface area contributed by atoms with Gasteiger partial charge in [-0.25, -0.2) is 9.78 Å². The van der Waals surface area contributed by atoms with Crippen molar-refractivity contribution in [1.82, 2.24) is 9.97 Å². The molecule has 0 amide bonds. The van der Waals surface area contributed by atoms with E-state index in [9.17, 15) is 9.90 Å². The minimum absolute atomic E-state index is 0.178. The molecular formula is C10H12ClN3O3S. The van der Waals surface area contributed by atoms with Crippen LogP contribution in [0.1, 0.15) is 0 Å². The molecule has 18 heavy (non-hydrogen) atoms. The maximum atomic E-state index is 11.2. The Kier molecular flexibility index (Phi) is 4.13. The van der Waals surface area contributed by atoms with Crippen molar-refractivity contribution < 1.29 is 14.6 Å². The molecule has 98 valence electrons. The van der Waals surface area contributed by atoms with Crippen molar-refractivity contribution in [3.63, 3.8) is 0 Å². The zero-order valence-corrected chi connectivity index (χ0v) is 11.2. The van der Waals surface area contributed by atoms with Crippen LogP contribution in [0.2, 0.25) is 5.02 Å². The number of hydrogen-bond acceptors (Lipinski definition) is 6. The van der Waals surface area contributed by atoms with Crippen molar-refractivity contribution in [3.8, 4) is 6.01 Å². The van der Waals surface area contributed by atoms with Gasteiger partial charge in [-0.1, -0.05) is 11.6 Å². The van der Waals surface area contributed by atoms with Crippen molar-refractivity contribution in [2.45, 2.75) is 6.04 Å². The summed E-state index contributed by atoms with van der Waals surface area (Å²) in [6.45, 7) is 0.585. The number of halogens is 1. The Morgan fingerprint density at radius 3 is 3.17 bits per heavy atom. The van der Waals surface area contributed by atoms with Crippen LogP contribution in [0.5, 0.6) is 6.01 Å². The van der Waals surface area contributed by atoms with Crippen LogP contribution >= 0.6 is 23.4 Å². The number of methoxy groups -OCH3 is 1. The van der Waals surface area contributed by atoms with Crippen LogP contribution in [0.15, 0.2) is 6.20 Å². The number of hydrogen-bond donors (Lipinski definition) is 1. The summed E-state index contributed by atoms with van der Waals surface area (Å²) in [5.74, 6) is 0.886. The Bertz CT molecular complexity index is 460. The minimum Gasteiger partial charge on any atom is -0.480 e. The fourth-order valence-corrected chi connectivity index (χ4v) is 2.94. The number of thioether (sulfide) groups is 1. The highest BCUT2D eigenvalue weighted by atomic mass is 35.5. The van der Waals surface area contributed by atoms with Crippen LogP contribution in [-0.2, 0) is 4.79 Å². The van der Waals surface area contributed by atoms with E-state index in [0.29, 0.717) is 23.1 Å². The Hall–Kier alpha value is -1.21. The molecule has 1 saturated heterocycles. The number of carbonyl (C=O) groups is 1. The third-order valence-electron chi connectivity index (χ3n) is 2.57. The number of anilines is 1. The molecule has 0 saturated carbocycles. The summed E-state index contributed by atoms with van der Waals surface area (Å²) in [5.41, 5.74) is 0. The van der Waals surface area contributed by atoms with Gasteiger partial charge >= 0.3 is 12.0 Å². The maximum Gasteiger partial charge on any atom is 0.327 e. The molecule has 1 N–H and O–H groups in total. The average Bonchev–Trinajstić information content (AvgIpc) is 2.39. The molecule has 1 aliphatic rings. The fraction of sp³-hybridized carbons (Fsp3) is 0.500. The first-order chi connectivity index (χ1) is 8.63. The lowest BCUT2D eigenvalue weighted by Crippen LogP contribution is -2.48. The van der Waals surface area contributed by atoms with Crippen LogP contribution in [0.4, 0.5) is 5.82 Å². The first kappa shape index (κ1) is 13.2. The number of aliphatic carboxylic acids is 1. The molecular weight excluding hydrogens is 278 g/mol. The molecule has 8 heteroatoms. The summed E-state index contributed by atoms with van der Waals surface area (Å²) in [6.07, 6.45) is 1.42. The molecule has 2 rings (SSSR count). The van der Waals surface area contributed by atoms with E-state index in [2.05, 4.69) is 9.97 Å². The van der Waals surface area contributed by atoms with Gasteiger partial charge in [-0.15, -0.1) is 0 Å². The molecule has 0 spiro atoms. The van der Waals surface area contributed by atoms with Crippen molar-refractivity contribution in [2.24, 2.45) is 0 Å². The standard InChI is InChI=1S/C10H12ClN3O3S/c1-17-10-12-4-6(11)8(13-10)14-2-3-18-5-7(14)9(15)16/h4,7H,2-3,5H2,1H3,(H,15,16). The number of carboxylic acids is 1. The number of rotatable bonds is 3. The van der Waals surface area contributed by atoms with Gasteiger partial charge in [0.05, 0.1) is 13.3 Å². The molecule has 1 fully saturated rings. The molecule has 1 aromatic heterocycles. The van der Waals surface area contributed by atoms with Gasteiger partial charge in [0.1, 0.15) is 11.1 Å². The van der Waals surface area contributed by atoms with Crippen molar-refractivity contribution in [3.05, 3.63) is 11.2 Å². The van der Waals surface area contributed by atoms with E-state index in [1.165, 1.54) is 13.3 Å². The Balaban J connectivity index is 2.35. The summed E-state index contributed by atoms with van der Waals surface area (Å²) in [4.78, 5) is 20.9. The van der Waals surface area contributed by atoms with Gasteiger partial charge in [0.25, 0.3) is 0 Å². The lowest BCUT2D eigenvalue weighted by molar-refractivity contribution is -0.138. The molecule has 0 aromatic carbocycles.